The summed E-state index contributed by atoms with van der Waals surface area (Å²) in [5.74, 6) is 0. The predicted octanol–water partition coefficient (Wildman–Crippen LogP) is 0.308. The molecule has 2 nitrogen and oxygen atoms in total. The van der Waals surface area contributed by atoms with E-state index in [1.54, 1.807) is 0 Å². The van der Waals surface area contributed by atoms with E-state index in [-0.39, 0.29) is 0 Å². The van der Waals surface area contributed by atoms with Gasteiger partial charge in [-0.3, -0.25) is 0 Å². The minimum absolute atomic E-state index is 0.916. The zero-order valence-electron chi connectivity index (χ0n) is 4.82. The van der Waals surface area contributed by atoms with E-state index >= 15 is 0 Å². The maximum absolute atomic E-state index is 5.37. The molecule has 1 aliphatic heterocycles. The maximum atomic E-state index is 5.37. The van der Waals surface area contributed by atoms with E-state index in [9.17, 15) is 0 Å². The van der Waals surface area contributed by atoms with E-state index < -0.39 is 8.48 Å². The third-order valence-corrected chi connectivity index (χ3v) is 3.14. The van der Waals surface area contributed by atoms with E-state index in [0.29, 0.717) is 0 Å². The van der Waals surface area contributed by atoms with Crippen LogP contribution in [0.2, 0.25) is 13.1 Å². The standard InChI is InChI=1S/C4H11NOSi/c1-7(2)5-3-4-6-7/h5H,3-4H2,1-2H3. The molecule has 0 aromatic heterocycles. The number of nitrogens with one attached hydrogen (secondary N) is 1. The van der Waals surface area contributed by atoms with Gasteiger partial charge in [0.2, 0.25) is 0 Å². The van der Waals surface area contributed by atoms with Crippen LogP contribution in [-0.2, 0) is 4.43 Å². The minimum Gasteiger partial charge on any atom is -0.402 e. The fourth-order valence-corrected chi connectivity index (χ4v) is 2.13. The number of hydrogen-bond donors (Lipinski definition) is 1. The van der Waals surface area contributed by atoms with Gasteiger partial charge in [-0.2, -0.15) is 0 Å². The highest BCUT2D eigenvalue weighted by molar-refractivity contribution is 6.69. The Morgan fingerprint density at radius 1 is 1.57 bits per heavy atom. The first-order valence-corrected chi connectivity index (χ1v) is 5.50. The average Bonchev–Trinajstić information content (AvgIpc) is 1.84. The van der Waals surface area contributed by atoms with Gasteiger partial charge < -0.3 is 9.41 Å². The van der Waals surface area contributed by atoms with Crippen LogP contribution in [0.4, 0.5) is 0 Å². The summed E-state index contributed by atoms with van der Waals surface area (Å²) in [6.07, 6.45) is 0. The van der Waals surface area contributed by atoms with Gasteiger partial charge in [-0.25, -0.2) is 0 Å². The second kappa shape index (κ2) is 1.58. The topological polar surface area (TPSA) is 21.3 Å². The van der Waals surface area contributed by atoms with Gasteiger partial charge in [0, 0.05) is 13.2 Å². The summed E-state index contributed by atoms with van der Waals surface area (Å²) in [5.41, 5.74) is 0. The van der Waals surface area contributed by atoms with Crippen molar-refractivity contribution in [2.45, 2.75) is 13.1 Å². The summed E-state index contributed by atoms with van der Waals surface area (Å²) in [7, 11) is -1.29. The SMILES string of the molecule is C[Si]1(C)NCCO1. The van der Waals surface area contributed by atoms with Crippen LogP contribution in [0.1, 0.15) is 0 Å². The molecule has 0 spiro atoms. The van der Waals surface area contributed by atoms with Crippen molar-refractivity contribution < 1.29 is 4.43 Å². The summed E-state index contributed by atoms with van der Waals surface area (Å²) >= 11 is 0. The Morgan fingerprint density at radius 3 is 2.43 bits per heavy atom. The summed E-state index contributed by atoms with van der Waals surface area (Å²) in [6, 6.07) is 0. The lowest BCUT2D eigenvalue weighted by atomic mass is 10.8. The Morgan fingerprint density at radius 2 is 2.29 bits per heavy atom. The Labute approximate surface area is 45.1 Å². The molecule has 0 saturated carbocycles. The predicted molar refractivity (Wildman–Crippen MR) is 31.4 cm³/mol. The van der Waals surface area contributed by atoms with Crippen molar-refractivity contribution >= 4 is 8.48 Å². The lowest BCUT2D eigenvalue weighted by Crippen LogP contribution is -2.39. The van der Waals surface area contributed by atoms with Crippen LogP contribution < -0.4 is 4.98 Å². The van der Waals surface area contributed by atoms with Crippen molar-refractivity contribution in [2.75, 3.05) is 13.2 Å². The van der Waals surface area contributed by atoms with Crippen LogP contribution in [0.3, 0.4) is 0 Å². The molecular weight excluding hydrogens is 106 g/mol. The van der Waals surface area contributed by atoms with Crippen molar-refractivity contribution in [1.29, 1.82) is 0 Å². The van der Waals surface area contributed by atoms with E-state index in [1.807, 2.05) is 0 Å². The smallest absolute Gasteiger partial charge is 0.262 e. The van der Waals surface area contributed by atoms with E-state index in [4.69, 9.17) is 4.43 Å². The van der Waals surface area contributed by atoms with Crippen molar-refractivity contribution in [1.82, 2.24) is 4.98 Å². The van der Waals surface area contributed by atoms with E-state index in [1.165, 1.54) is 0 Å². The Hall–Kier alpha value is 0.137. The molecule has 42 valence electrons. The first-order valence-electron chi connectivity index (χ1n) is 2.60. The van der Waals surface area contributed by atoms with Gasteiger partial charge in [-0.15, -0.1) is 0 Å². The van der Waals surface area contributed by atoms with Crippen LogP contribution >= 0.6 is 0 Å². The highest BCUT2D eigenvalue weighted by Gasteiger charge is 2.26. The molecule has 1 N–H and O–H groups in total. The average molecular weight is 117 g/mol. The van der Waals surface area contributed by atoms with Gasteiger partial charge in [0.25, 0.3) is 8.48 Å². The molecule has 0 unspecified atom stereocenters. The molecule has 1 rings (SSSR count). The molecule has 0 aromatic rings. The largest absolute Gasteiger partial charge is 0.402 e. The zero-order chi connectivity index (χ0) is 5.33. The molecule has 3 heteroatoms. The lowest BCUT2D eigenvalue weighted by Gasteiger charge is -2.10. The molecule has 1 saturated heterocycles. The second-order valence-electron chi connectivity index (χ2n) is 2.29. The summed E-state index contributed by atoms with van der Waals surface area (Å²) in [5, 5.41) is 0. The molecule has 7 heavy (non-hydrogen) atoms. The van der Waals surface area contributed by atoms with Gasteiger partial charge in [-0.1, -0.05) is 0 Å². The van der Waals surface area contributed by atoms with Crippen LogP contribution in [0.5, 0.6) is 0 Å². The van der Waals surface area contributed by atoms with Crippen molar-refractivity contribution in [2.24, 2.45) is 0 Å². The van der Waals surface area contributed by atoms with Crippen molar-refractivity contribution in [3.63, 3.8) is 0 Å². The molecule has 0 amide bonds. The molecule has 0 atom stereocenters. The molecule has 1 heterocycles. The third-order valence-electron chi connectivity index (χ3n) is 1.12. The Bertz CT molecular complexity index is 66.1. The monoisotopic (exact) mass is 117 g/mol. The molecule has 0 radical (unpaired) electrons. The summed E-state index contributed by atoms with van der Waals surface area (Å²) in [4.78, 5) is 3.31. The van der Waals surface area contributed by atoms with Gasteiger partial charge >= 0.3 is 0 Å². The number of hydrogen-bond acceptors (Lipinski definition) is 2. The molecule has 0 bridgehead atoms. The van der Waals surface area contributed by atoms with Gasteiger partial charge in [0.15, 0.2) is 0 Å². The van der Waals surface area contributed by atoms with E-state index in [2.05, 4.69) is 18.1 Å². The Balaban J connectivity index is 2.40. The Kier molecular flexibility index (Phi) is 1.19. The van der Waals surface area contributed by atoms with Crippen LogP contribution in [-0.4, -0.2) is 21.6 Å². The first-order chi connectivity index (χ1) is 3.21. The fourth-order valence-electron chi connectivity index (χ4n) is 0.709. The van der Waals surface area contributed by atoms with Gasteiger partial charge in [-0.05, 0) is 13.1 Å². The van der Waals surface area contributed by atoms with Crippen LogP contribution in [0.15, 0.2) is 0 Å². The van der Waals surface area contributed by atoms with Crippen LogP contribution in [0.25, 0.3) is 0 Å². The van der Waals surface area contributed by atoms with E-state index in [0.717, 1.165) is 13.2 Å². The molecular formula is C4H11NOSi. The molecule has 1 fully saturated rings. The molecule has 0 aliphatic carbocycles. The lowest BCUT2D eigenvalue weighted by molar-refractivity contribution is 0.359. The van der Waals surface area contributed by atoms with Crippen molar-refractivity contribution in [3.8, 4) is 0 Å². The molecule has 1 aliphatic rings. The van der Waals surface area contributed by atoms with Gasteiger partial charge in [0.05, 0.1) is 0 Å². The summed E-state index contributed by atoms with van der Waals surface area (Å²) in [6.45, 7) is 6.30. The first kappa shape index (κ1) is 5.28. The zero-order valence-corrected chi connectivity index (χ0v) is 5.82. The number of rotatable bonds is 0. The minimum atomic E-state index is -1.29. The third kappa shape index (κ3) is 1.26. The molecule has 0 aromatic carbocycles. The second-order valence-corrected chi connectivity index (χ2v) is 5.95. The summed E-state index contributed by atoms with van der Waals surface area (Å²) < 4.78 is 5.37. The highest BCUT2D eigenvalue weighted by atomic mass is 28.4. The van der Waals surface area contributed by atoms with Crippen LogP contribution in [0, 0.1) is 0 Å². The van der Waals surface area contributed by atoms with Gasteiger partial charge in [0.1, 0.15) is 0 Å². The fraction of sp³-hybridized carbons (Fsp3) is 1.00. The van der Waals surface area contributed by atoms with Crippen molar-refractivity contribution in [3.05, 3.63) is 0 Å². The normalized spacial score (nSPS) is 28.3. The highest BCUT2D eigenvalue weighted by Crippen LogP contribution is 2.02. The maximum Gasteiger partial charge on any atom is 0.262 e. The quantitative estimate of drug-likeness (QED) is 0.461.